The van der Waals surface area contributed by atoms with Crippen LogP contribution in [0, 0.1) is 5.92 Å². The molecule has 0 aliphatic carbocycles. The average molecular weight is 301 g/mol. The van der Waals surface area contributed by atoms with Gasteiger partial charge in [-0.2, -0.15) is 5.10 Å². The summed E-state index contributed by atoms with van der Waals surface area (Å²) in [5.74, 6) is 3.52. The largest absolute Gasteiger partial charge is 0.494 e. The molecule has 118 valence electrons. The Morgan fingerprint density at radius 1 is 1.36 bits per heavy atom. The Kier molecular flexibility index (Phi) is 4.43. The van der Waals surface area contributed by atoms with Crippen molar-refractivity contribution in [3.8, 4) is 11.4 Å². The second-order valence-electron chi connectivity index (χ2n) is 6.13. The van der Waals surface area contributed by atoms with E-state index in [9.17, 15) is 0 Å². The molecule has 22 heavy (non-hydrogen) atoms. The Morgan fingerprint density at radius 3 is 2.86 bits per heavy atom. The smallest absolute Gasteiger partial charge is 0.151 e. The van der Waals surface area contributed by atoms with Crippen LogP contribution in [0.1, 0.15) is 37.8 Å². The van der Waals surface area contributed by atoms with Crippen molar-refractivity contribution in [2.24, 2.45) is 5.92 Å². The molecule has 1 aromatic carbocycles. The van der Waals surface area contributed by atoms with Gasteiger partial charge in [-0.3, -0.25) is 0 Å². The van der Waals surface area contributed by atoms with E-state index in [1.54, 1.807) is 7.11 Å². The molecule has 2 aromatic rings. The number of nitrogens with zero attached hydrogens (tertiary/aromatic N) is 3. The summed E-state index contributed by atoms with van der Waals surface area (Å²) in [5.41, 5.74) is 0.939. The van der Waals surface area contributed by atoms with Crippen molar-refractivity contribution in [2.45, 2.75) is 32.6 Å². The van der Waals surface area contributed by atoms with Gasteiger partial charge < -0.3 is 9.47 Å². The van der Waals surface area contributed by atoms with Crippen LogP contribution < -0.4 is 4.74 Å². The molecule has 1 aliphatic heterocycles. The van der Waals surface area contributed by atoms with Crippen LogP contribution >= 0.6 is 0 Å². The monoisotopic (exact) mass is 301 g/mol. The molecule has 2 heterocycles. The van der Waals surface area contributed by atoms with Crippen molar-refractivity contribution in [2.75, 3.05) is 20.3 Å². The highest BCUT2D eigenvalue weighted by molar-refractivity contribution is 5.46. The number of ether oxygens (including phenoxy) is 2. The van der Waals surface area contributed by atoms with Crippen molar-refractivity contribution in [1.82, 2.24) is 14.8 Å². The molecule has 0 radical (unpaired) electrons. The second kappa shape index (κ2) is 6.48. The van der Waals surface area contributed by atoms with E-state index in [1.165, 1.54) is 0 Å². The molecule has 1 fully saturated rings. The first kappa shape index (κ1) is 15.0. The van der Waals surface area contributed by atoms with Crippen molar-refractivity contribution < 1.29 is 9.47 Å². The van der Waals surface area contributed by atoms with E-state index in [2.05, 4.69) is 13.8 Å². The highest BCUT2D eigenvalue weighted by atomic mass is 16.5. The van der Waals surface area contributed by atoms with Crippen LogP contribution in [0.2, 0.25) is 0 Å². The summed E-state index contributed by atoms with van der Waals surface area (Å²) in [6, 6.07) is 7.93. The fraction of sp³-hybridized carbons (Fsp3) is 0.529. The highest BCUT2D eigenvalue weighted by Crippen LogP contribution is 2.29. The zero-order chi connectivity index (χ0) is 15.5. The summed E-state index contributed by atoms with van der Waals surface area (Å²) in [6.07, 6.45) is 1.87. The number of rotatable bonds is 5. The van der Waals surface area contributed by atoms with Gasteiger partial charge in [0.15, 0.2) is 5.82 Å². The van der Waals surface area contributed by atoms with Gasteiger partial charge in [0, 0.05) is 18.9 Å². The predicted molar refractivity (Wildman–Crippen MR) is 84.6 cm³/mol. The molecule has 0 spiro atoms. The van der Waals surface area contributed by atoms with Crippen LogP contribution in [-0.2, 0) is 11.2 Å². The van der Waals surface area contributed by atoms with Gasteiger partial charge in [-0.05, 0) is 24.5 Å². The molecule has 3 rings (SSSR count). The molecule has 0 bridgehead atoms. The topological polar surface area (TPSA) is 49.2 Å². The zero-order valence-corrected chi connectivity index (χ0v) is 13.5. The number of benzene rings is 1. The lowest BCUT2D eigenvalue weighted by atomic mass is 10.1. The highest BCUT2D eigenvalue weighted by Gasteiger charge is 2.26. The molecule has 0 N–H and O–H groups in total. The third-order valence-corrected chi connectivity index (χ3v) is 3.88. The number of aromatic nitrogens is 3. The van der Waals surface area contributed by atoms with Gasteiger partial charge >= 0.3 is 0 Å². The molecule has 0 saturated carbocycles. The molecule has 0 unspecified atom stereocenters. The van der Waals surface area contributed by atoms with Crippen molar-refractivity contribution in [3.63, 3.8) is 0 Å². The van der Waals surface area contributed by atoms with E-state index in [1.807, 2.05) is 28.9 Å². The van der Waals surface area contributed by atoms with Crippen LogP contribution in [0.5, 0.6) is 5.75 Å². The van der Waals surface area contributed by atoms with Gasteiger partial charge in [0.2, 0.25) is 0 Å². The lowest BCUT2D eigenvalue weighted by molar-refractivity contribution is 0.193. The molecule has 1 atom stereocenters. The third-order valence-electron chi connectivity index (χ3n) is 3.88. The van der Waals surface area contributed by atoms with Crippen LogP contribution in [0.3, 0.4) is 0 Å². The number of hydrogen-bond acceptors (Lipinski definition) is 4. The molecule has 5 nitrogen and oxygen atoms in total. The first-order valence-corrected chi connectivity index (χ1v) is 7.86. The van der Waals surface area contributed by atoms with Crippen molar-refractivity contribution in [3.05, 3.63) is 35.9 Å². The van der Waals surface area contributed by atoms with Gasteiger partial charge in [-0.1, -0.05) is 26.0 Å². The number of hydrogen-bond donors (Lipinski definition) is 0. The minimum absolute atomic E-state index is 0.304. The van der Waals surface area contributed by atoms with Crippen molar-refractivity contribution >= 4 is 0 Å². The van der Waals surface area contributed by atoms with E-state index in [0.717, 1.165) is 49.1 Å². The Balaban J connectivity index is 2.05. The summed E-state index contributed by atoms with van der Waals surface area (Å²) in [4.78, 5) is 4.80. The van der Waals surface area contributed by atoms with E-state index < -0.39 is 0 Å². The van der Waals surface area contributed by atoms with Gasteiger partial charge in [-0.25, -0.2) is 9.67 Å². The molecular weight excluding hydrogens is 278 g/mol. The van der Waals surface area contributed by atoms with Crippen LogP contribution in [-0.4, -0.2) is 35.1 Å². The maximum absolute atomic E-state index is 5.54. The minimum Gasteiger partial charge on any atom is -0.494 e. The van der Waals surface area contributed by atoms with E-state index in [-0.39, 0.29) is 0 Å². The average Bonchev–Trinajstić information content (AvgIpc) is 3.15. The second-order valence-corrected chi connectivity index (χ2v) is 6.13. The first-order chi connectivity index (χ1) is 10.7. The third kappa shape index (κ3) is 2.99. The van der Waals surface area contributed by atoms with Gasteiger partial charge in [0.25, 0.3) is 0 Å². The lowest BCUT2D eigenvalue weighted by Gasteiger charge is -2.12. The van der Waals surface area contributed by atoms with E-state index in [0.29, 0.717) is 11.8 Å². The Labute approximate surface area is 131 Å². The number of methoxy groups -OCH3 is 1. The van der Waals surface area contributed by atoms with E-state index >= 15 is 0 Å². The number of para-hydroxylation sites is 2. The van der Waals surface area contributed by atoms with E-state index in [4.69, 9.17) is 19.6 Å². The van der Waals surface area contributed by atoms with Crippen LogP contribution in [0.15, 0.2) is 24.3 Å². The normalized spacial score (nSPS) is 18.1. The summed E-state index contributed by atoms with van der Waals surface area (Å²) >= 11 is 0. The maximum atomic E-state index is 5.54. The lowest BCUT2D eigenvalue weighted by Crippen LogP contribution is -2.10. The molecule has 1 aromatic heterocycles. The first-order valence-electron chi connectivity index (χ1n) is 7.86. The predicted octanol–water partition coefficient (Wildman–Crippen LogP) is 2.98. The standard InChI is InChI=1S/C17H23N3O2/c1-12(2)10-16-18-17(13-8-9-22-11-13)20(19-16)14-6-4-5-7-15(14)21-3/h4-7,12-13H,8-11H2,1-3H3/t13-/m0/s1. The molecule has 0 amide bonds. The fourth-order valence-corrected chi connectivity index (χ4v) is 2.80. The SMILES string of the molecule is COc1ccccc1-n1nc(CC(C)C)nc1[C@H]1CCOC1. The fourth-order valence-electron chi connectivity index (χ4n) is 2.80. The molecule has 1 saturated heterocycles. The Bertz CT molecular complexity index is 631. The molecule has 5 heteroatoms. The van der Waals surface area contributed by atoms with Gasteiger partial charge in [0.05, 0.1) is 13.7 Å². The summed E-state index contributed by atoms with van der Waals surface area (Å²) < 4.78 is 13.0. The summed E-state index contributed by atoms with van der Waals surface area (Å²) in [6.45, 7) is 5.88. The van der Waals surface area contributed by atoms with Crippen LogP contribution in [0.25, 0.3) is 5.69 Å². The Morgan fingerprint density at radius 2 is 2.18 bits per heavy atom. The van der Waals surface area contributed by atoms with Gasteiger partial charge in [-0.15, -0.1) is 0 Å². The molecular formula is C17H23N3O2. The van der Waals surface area contributed by atoms with Crippen molar-refractivity contribution in [1.29, 1.82) is 0 Å². The maximum Gasteiger partial charge on any atom is 0.151 e. The minimum atomic E-state index is 0.304. The summed E-state index contributed by atoms with van der Waals surface area (Å²) in [7, 11) is 1.68. The van der Waals surface area contributed by atoms with Gasteiger partial charge in [0.1, 0.15) is 17.3 Å². The Hall–Kier alpha value is -1.88. The summed E-state index contributed by atoms with van der Waals surface area (Å²) in [5, 5.41) is 4.74. The zero-order valence-electron chi connectivity index (χ0n) is 13.5. The molecule has 1 aliphatic rings. The van der Waals surface area contributed by atoms with Crippen LogP contribution in [0.4, 0.5) is 0 Å². The quantitative estimate of drug-likeness (QED) is 0.852.